The average Bonchev–Trinajstić information content (AvgIpc) is 2.31. The van der Waals surface area contributed by atoms with E-state index in [0.29, 0.717) is 8.08 Å². The summed E-state index contributed by atoms with van der Waals surface area (Å²) in [7, 11) is 0. The van der Waals surface area contributed by atoms with Crippen LogP contribution in [0, 0.1) is 5.41 Å². The maximum absolute atomic E-state index is 9.43. The van der Waals surface area contributed by atoms with Gasteiger partial charge in [0.2, 0.25) is 0 Å². The summed E-state index contributed by atoms with van der Waals surface area (Å²) in [6.07, 6.45) is 9.22. The molecule has 1 atom stereocenters. The molecule has 1 unspecified atom stereocenters. The second-order valence-corrected chi connectivity index (χ2v) is 9.82. The van der Waals surface area contributed by atoms with Gasteiger partial charge in [-0.1, -0.05) is 0 Å². The Labute approximate surface area is 153 Å². The van der Waals surface area contributed by atoms with E-state index in [0.717, 1.165) is 0 Å². The van der Waals surface area contributed by atoms with Crippen LogP contribution in [0.5, 0.6) is 0 Å². The molecule has 0 aromatic carbocycles. The molecule has 0 aromatic rings. The van der Waals surface area contributed by atoms with E-state index < -0.39 is 18.4 Å². The smallest absolute Gasteiger partial charge is 0.314 e. The molecular formula is C17H33NaO4. The molecule has 126 valence electrons. The van der Waals surface area contributed by atoms with Gasteiger partial charge in [0.1, 0.15) is 6.42 Å². The standard InChI is InChI=1S/C14H29.C3H4O4.Na/c1-6-7-8-9-10-11-12-13(2)14(3,4)5;4-2(5)1-3(6)7;/h6-12H2,1-5H3;1H2,(H,4,5)(H,6,7);. The van der Waals surface area contributed by atoms with Gasteiger partial charge in [-0.3, -0.25) is 9.59 Å². The predicted octanol–water partition coefficient (Wildman–Crippen LogP) is 4.68. The minimum Gasteiger partial charge on any atom is -0.481 e. The van der Waals surface area contributed by atoms with Gasteiger partial charge in [-0.15, -0.1) is 0 Å². The number of aliphatic carboxylic acids is 2. The Morgan fingerprint density at radius 2 is 1.27 bits per heavy atom. The van der Waals surface area contributed by atoms with Crippen molar-refractivity contribution in [2.75, 3.05) is 0 Å². The fourth-order valence-electron chi connectivity index (χ4n) is 1.85. The molecule has 5 heteroatoms. The van der Waals surface area contributed by atoms with Gasteiger partial charge < -0.3 is 10.2 Å². The van der Waals surface area contributed by atoms with Crippen molar-refractivity contribution in [2.24, 2.45) is 5.41 Å². The SMILES string of the molecule is CCCCCCCC[C](C)([Na])C(C)(C)C.O=C(O)CC(=O)O. The van der Waals surface area contributed by atoms with E-state index in [9.17, 15) is 9.59 Å². The van der Waals surface area contributed by atoms with Gasteiger partial charge >= 0.3 is 128 Å². The first kappa shape index (κ1) is 24.2. The quantitative estimate of drug-likeness (QED) is 0.367. The molecule has 0 bridgehead atoms. The number of carbonyl (C=O) groups is 2. The van der Waals surface area contributed by atoms with E-state index >= 15 is 0 Å². The van der Waals surface area contributed by atoms with Gasteiger partial charge in [0.05, 0.1) is 0 Å². The van der Waals surface area contributed by atoms with Gasteiger partial charge in [0, 0.05) is 0 Å². The molecule has 0 amide bonds. The fourth-order valence-corrected chi connectivity index (χ4v) is 2.21. The molecule has 4 nitrogen and oxygen atoms in total. The number of hydrogen-bond donors (Lipinski definition) is 2. The van der Waals surface area contributed by atoms with Crippen LogP contribution in [0.4, 0.5) is 0 Å². The van der Waals surface area contributed by atoms with Crippen molar-refractivity contribution in [3.63, 3.8) is 0 Å². The Morgan fingerprint density at radius 1 is 0.864 bits per heavy atom. The van der Waals surface area contributed by atoms with Crippen LogP contribution in [0.1, 0.15) is 86.0 Å². The average molecular weight is 324 g/mol. The molecule has 0 aliphatic carbocycles. The summed E-state index contributed by atoms with van der Waals surface area (Å²) in [6, 6.07) is 0. The zero-order valence-electron chi connectivity index (χ0n) is 15.4. The molecule has 0 saturated carbocycles. The molecule has 0 aliphatic rings. The van der Waals surface area contributed by atoms with Crippen LogP contribution < -0.4 is 0 Å². The fraction of sp³-hybridized carbons (Fsp3) is 0.882. The van der Waals surface area contributed by atoms with E-state index in [2.05, 4.69) is 34.6 Å². The van der Waals surface area contributed by atoms with Crippen molar-refractivity contribution in [2.45, 2.75) is 88.6 Å². The first-order chi connectivity index (χ1) is 9.94. The summed E-state index contributed by atoms with van der Waals surface area (Å²) < 4.78 is 0.623. The van der Waals surface area contributed by atoms with Crippen molar-refractivity contribution in [1.29, 1.82) is 0 Å². The van der Waals surface area contributed by atoms with Crippen molar-refractivity contribution in [3.05, 3.63) is 0 Å². The van der Waals surface area contributed by atoms with E-state index in [4.69, 9.17) is 10.2 Å². The minimum absolute atomic E-state index is 0.503. The summed E-state index contributed by atoms with van der Waals surface area (Å²) >= 11 is 1.33. The van der Waals surface area contributed by atoms with Crippen LogP contribution in [0.25, 0.3) is 0 Å². The first-order valence-corrected chi connectivity index (χ1v) is 9.37. The summed E-state index contributed by atoms with van der Waals surface area (Å²) in [6.45, 7) is 12.0. The van der Waals surface area contributed by atoms with E-state index in [1.54, 1.807) is 0 Å². The van der Waals surface area contributed by atoms with Crippen molar-refractivity contribution >= 4 is 39.9 Å². The van der Waals surface area contributed by atoms with Crippen LogP contribution in [-0.4, -0.2) is 50.1 Å². The van der Waals surface area contributed by atoms with Crippen LogP contribution in [-0.2, 0) is 9.59 Å². The third kappa shape index (κ3) is 14.9. The van der Waals surface area contributed by atoms with Gasteiger partial charge in [0.25, 0.3) is 0 Å². The number of carboxylic acids is 2. The maximum Gasteiger partial charge on any atom is 0.314 e. The Bertz CT molecular complexity index is 307. The zero-order valence-corrected chi connectivity index (χ0v) is 17.4. The summed E-state index contributed by atoms with van der Waals surface area (Å²) in [5, 5.41) is 15.4. The van der Waals surface area contributed by atoms with Gasteiger partial charge in [-0.05, 0) is 0 Å². The van der Waals surface area contributed by atoms with E-state index in [-0.39, 0.29) is 0 Å². The van der Waals surface area contributed by atoms with Crippen molar-refractivity contribution in [1.82, 2.24) is 0 Å². The Balaban J connectivity index is 0. The van der Waals surface area contributed by atoms with Gasteiger partial charge in [0.15, 0.2) is 0 Å². The first-order valence-electron chi connectivity index (χ1n) is 8.37. The van der Waals surface area contributed by atoms with Gasteiger partial charge in [-0.25, -0.2) is 0 Å². The molecule has 0 saturated heterocycles. The van der Waals surface area contributed by atoms with Crippen LogP contribution in [0.15, 0.2) is 0 Å². The number of rotatable bonds is 9. The molecule has 0 radical (unpaired) electrons. The molecule has 0 aromatic heterocycles. The Kier molecular flexibility index (Phi) is 13.6. The number of carboxylic acid groups (broad SMARTS) is 2. The molecular weight excluding hydrogens is 291 g/mol. The van der Waals surface area contributed by atoms with Crippen LogP contribution in [0.2, 0.25) is 2.66 Å². The molecule has 0 spiro atoms. The molecule has 0 aliphatic heterocycles. The molecule has 0 heterocycles. The topological polar surface area (TPSA) is 74.6 Å². The molecule has 2 N–H and O–H groups in total. The van der Waals surface area contributed by atoms with Crippen molar-refractivity contribution in [3.8, 4) is 0 Å². The van der Waals surface area contributed by atoms with Crippen LogP contribution >= 0.6 is 0 Å². The summed E-state index contributed by atoms with van der Waals surface area (Å²) in [4.78, 5) is 18.9. The summed E-state index contributed by atoms with van der Waals surface area (Å²) in [5.74, 6) is -2.62. The number of unbranched alkanes of at least 4 members (excludes halogenated alkanes) is 5. The van der Waals surface area contributed by atoms with E-state index in [1.807, 2.05) is 0 Å². The Hall–Kier alpha value is -0.0600. The molecule has 22 heavy (non-hydrogen) atoms. The van der Waals surface area contributed by atoms with Crippen molar-refractivity contribution < 1.29 is 19.8 Å². The summed E-state index contributed by atoms with van der Waals surface area (Å²) in [5.41, 5.74) is 0.503. The third-order valence-corrected chi connectivity index (χ3v) is 6.49. The van der Waals surface area contributed by atoms with Crippen LogP contribution in [0.3, 0.4) is 0 Å². The number of hydrogen-bond acceptors (Lipinski definition) is 2. The third-order valence-electron chi connectivity index (χ3n) is 4.49. The molecule has 0 fully saturated rings. The molecule has 0 rings (SSSR count). The normalized spacial score (nSPS) is 13.8. The minimum atomic E-state index is -1.31. The monoisotopic (exact) mass is 324 g/mol. The zero-order chi connectivity index (χ0) is 17.8. The largest absolute Gasteiger partial charge is 0.481 e. The second kappa shape index (κ2) is 12.4. The maximum atomic E-state index is 9.43. The second-order valence-electron chi connectivity index (χ2n) is 7.62. The van der Waals surface area contributed by atoms with E-state index in [1.165, 1.54) is 72.9 Å². The Morgan fingerprint density at radius 3 is 1.59 bits per heavy atom. The van der Waals surface area contributed by atoms with Gasteiger partial charge in [-0.2, -0.15) is 0 Å². The predicted molar refractivity (Wildman–Crippen MR) is 91.5 cm³/mol.